The molecule has 0 N–H and O–H groups in total. The number of hydrogen-bond donors (Lipinski definition) is 0. The Labute approximate surface area is 189 Å². The van der Waals surface area contributed by atoms with Gasteiger partial charge < -0.3 is 9.32 Å². The quantitative estimate of drug-likeness (QED) is 0.338. The van der Waals surface area contributed by atoms with E-state index in [9.17, 15) is 8.78 Å². The number of aromatic nitrogens is 3. The highest BCUT2D eigenvalue weighted by Crippen LogP contribution is 2.41. The second kappa shape index (κ2) is 9.16. The molecule has 0 radical (unpaired) electrons. The molecule has 0 unspecified atom stereocenters. The minimum atomic E-state index is -0.297. The predicted molar refractivity (Wildman–Crippen MR) is 120 cm³/mol. The molecule has 1 aliphatic heterocycles. The third-order valence-electron chi connectivity index (χ3n) is 5.55. The van der Waals surface area contributed by atoms with E-state index in [1.54, 1.807) is 30.5 Å². The van der Waals surface area contributed by atoms with Gasteiger partial charge in [-0.2, -0.15) is 0 Å². The molecule has 1 fully saturated rings. The zero-order valence-electron chi connectivity index (χ0n) is 17.3. The molecule has 8 heteroatoms. The van der Waals surface area contributed by atoms with Gasteiger partial charge in [-0.05, 0) is 60.4 Å². The molecule has 0 atom stereocenters. The molecular weight excluding hydrogens is 430 g/mol. The standard InChI is InChI=1S/C24H22F2N4OS/c25-19-9-5-17(6-10-19)22(18-7-11-20(26)12-8-18)32-24-28-27-23(29-13-1-2-14-29)30(24)16-21-4-3-15-31-21/h3-12,15,22H,1-2,13-14,16H2. The fourth-order valence-electron chi connectivity index (χ4n) is 3.93. The average Bonchev–Trinajstić information content (AvgIpc) is 3.57. The Kier molecular flexibility index (Phi) is 5.94. The maximum Gasteiger partial charge on any atom is 0.228 e. The van der Waals surface area contributed by atoms with Crippen molar-refractivity contribution >= 4 is 17.7 Å². The zero-order valence-corrected chi connectivity index (χ0v) is 18.1. The number of thioether (sulfide) groups is 1. The van der Waals surface area contributed by atoms with Crippen LogP contribution in [-0.2, 0) is 6.54 Å². The van der Waals surface area contributed by atoms with E-state index in [0.717, 1.165) is 53.9 Å². The first-order chi connectivity index (χ1) is 15.7. The molecule has 32 heavy (non-hydrogen) atoms. The van der Waals surface area contributed by atoms with Crippen LogP contribution in [-0.4, -0.2) is 27.9 Å². The Bertz CT molecular complexity index is 1110. The summed E-state index contributed by atoms with van der Waals surface area (Å²) in [5.74, 6) is 1.04. The van der Waals surface area contributed by atoms with Crippen LogP contribution in [0.5, 0.6) is 0 Å². The van der Waals surface area contributed by atoms with Gasteiger partial charge in [0, 0.05) is 13.1 Å². The van der Waals surface area contributed by atoms with E-state index in [0.29, 0.717) is 6.54 Å². The van der Waals surface area contributed by atoms with Crippen molar-refractivity contribution < 1.29 is 13.2 Å². The highest BCUT2D eigenvalue weighted by molar-refractivity contribution is 7.99. The van der Waals surface area contributed by atoms with Crippen molar-refractivity contribution in [2.24, 2.45) is 0 Å². The van der Waals surface area contributed by atoms with Crippen molar-refractivity contribution in [3.05, 3.63) is 95.4 Å². The van der Waals surface area contributed by atoms with Gasteiger partial charge >= 0.3 is 0 Å². The second-order valence-corrected chi connectivity index (χ2v) is 8.82. The van der Waals surface area contributed by atoms with Crippen LogP contribution in [0.3, 0.4) is 0 Å². The minimum absolute atomic E-state index is 0.206. The van der Waals surface area contributed by atoms with Crippen LogP contribution in [0.2, 0.25) is 0 Å². The van der Waals surface area contributed by atoms with Crippen LogP contribution in [0.4, 0.5) is 14.7 Å². The molecule has 5 nitrogen and oxygen atoms in total. The summed E-state index contributed by atoms with van der Waals surface area (Å²) in [5, 5.41) is 9.53. The predicted octanol–water partition coefficient (Wildman–Crippen LogP) is 5.68. The Morgan fingerprint density at radius 2 is 1.50 bits per heavy atom. The van der Waals surface area contributed by atoms with Crippen LogP contribution in [0, 0.1) is 11.6 Å². The van der Waals surface area contributed by atoms with Crippen LogP contribution in [0.25, 0.3) is 0 Å². The molecule has 0 spiro atoms. The third kappa shape index (κ3) is 4.41. The SMILES string of the molecule is Fc1ccc(C(Sc2nnc(N3CCCC3)n2Cc2ccco2)c2ccc(F)cc2)cc1. The van der Waals surface area contributed by atoms with Crippen molar-refractivity contribution in [2.75, 3.05) is 18.0 Å². The summed E-state index contributed by atoms with van der Waals surface area (Å²) in [6, 6.07) is 16.6. The minimum Gasteiger partial charge on any atom is -0.467 e. The smallest absolute Gasteiger partial charge is 0.228 e. The van der Waals surface area contributed by atoms with Crippen LogP contribution in [0.15, 0.2) is 76.5 Å². The lowest BCUT2D eigenvalue weighted by molar-refractivity contribution is 0.483. The van der Waals surface area contributed by atoms with E-state index in [1.807, 2.05) is 12.1 Å². The fourth-order valence-corrected chi connectivity index (χ4v) is 5.08. The second-order valence-electron chi connectivity index (χ2n) is 7.74. The van der Waals surface area contributed by atoms with Gasteiger partial charge in [0.2, 0.25) is 5.95 Å². The summed E-state index contributed by atoms with van der Waals surface area (Å²) < 4.78 is 34.8. The Hall–Kier alpha value is -3.13. The van der Waals surface area contributed by atoms with Gasteiger partial charge in [-0.3, -0.25) is 4.57 Å². The maximum atomic E-state index is 13.6. The lowest BCUT2D eigenvalue weighted by atomic mass is 10.0. The molecular formula is C24H22F2N4OS. The lowest BCUT2D eigenvalue weighted by Crippen LogP contribution is -2.22. The average molecular weight is 453 g/mol. The first-order valence-corrected chi connectivity index (χ1v) is 11.4. The summed E-state index contributed by atoms with van der Waals surface area (Å²) in [4.78, 5) is 2.24. The van der Waals surface area contributed by atoms with Gasteiger partial charge in [-0.1, -0.05) is 36.0 Å². The molecule has 0 aliphatic carbocycles. The Balaban J connectivity index is 1.53. The van der Waals surface area contributed by atoms with Crippen LogP contribution in [0.1, 0.15) is 35.0 Å². The number of anilines is 1. The monoisotopic (exact) mass is 452 g/mol. The first-order valence-electron chi connectivity index (χ1n) is 10.6. The number of hydrogen-bond acceptors (Lipinski definition) is 5. The van der Waals surface area contributed by atoms with Gasteiger partial charge in [0.25, 0.3) is 0 Å². The van der Waals surface area contributed by atoms with E-state index in [2.05, 4.69) is 19.7 Å². The van der Waals surface area contributed by atoms with Crippen LogP contribution < -0.4 is 4.90 Å². The molecule has 3 heterocycles. The van der Waals surface area contributed by atoms with Crippen molar-refractivity contribution in [2.45, 2.75) is 29.8 Å². The Morgan fingerprint density at radius 3 is 2.06 bits per heavy atom. The van der Waals surface area contributed by atoms with Gasteiger partial charge in [-0.15, -0.1) is 10.2 Å². The van der Waals surface area contributed by atoms with E-state index in [1.165, 1.54) is 36.0 Å². The van der Waals surface area contributed by atoms with E-state index in [4.69, 9.17) is 4.42 Å². The summed E-state index contributed by atoms with van der Waals surface area (Å²) in [7, 11) is 0. The van der Waals surface area contributed by atoms with Crippen molar-refractivity contribution in [1.29, 1.82) is 0 Å². The molecule has 0 bridgehead atoms. The molecule has 1 saturated heterocycles. The number of rotatable bonds is 7. The molecule has 0 saturated carbocycles. The number of halogens is 2. The summed E-state index contributed by atoms with van der Waals surface area (Å²) in [5.41, 5.74) is 1.80. The van der Waals surface area contributed by atoms with Crippen molar-refractivity contribution in [3.63, 3.8) is 0 Å². The summed E-state index contributed by atoms with van der Waals surface area (Å²) in [6.07, 6.45) is 3.91. The molecule has 5 rings (SSSR count). The summed E-state index contributed by atoms with van der Waals surface area (Å²) >= 11 is 1.51. The highest BCUT2D eigenvalue weighted by atomic mass is 32.2. The molecule has 2 aromatic heterocycles. The van der Waals surface area contributed by atoms with Crippen LogP contribution >= 0.6 is 11.8 Å². The van der Waals surface area contributed by atoms with E-state index >= 15 is 0 Å². The highest BCUT2D eigenvalue weighted by Gasteiger charge is 2.25. The molecule has 164 valence electrons. The Morgan fingerprint density at radius 1 is 0.875 bits per heavy atom. The maximum absolute atomic E-state index is 13.6. The largest absolute Gasteiger partial charge is 0.467 e. The molecule has 0 amide bonds. The van der Waals surface area contributed by atoms with Crippen molar-refractivity contribution in [1.82, 2.24) is 14.8 Å². The van der Waals surface area contributed by atoms with E-state index in [-0.39, 0.29) is 16.9 Å². The third-order valence-corrected chi connectivity index (χ3v) is 6.84. The topological polar surface area (TPSA) is 47.1 Å². The molecule has 4 aromatic rings. The lowest BCUT2D eigenvalue weighted by Gasteiger charge is -2.20. The molecule has 1 aliphatic rings. The van der Waals surface area contributed by atoms with Gasteiger partial charge in [-0.25, -0.2) is 8.78 Å². The number of benzene rings is 2. The van der Waals surface area contributed by atoms with Gasteiger partial charge in [0.15, 0.2) is 5.16 Å². The van der Waals surface area contributed by atoms with Crippen molar-refractivity contribution in [3.8, 4) is 0 Å². The number of furan rings is 1. The fraction of sp³-hybridized carbons (Fsp3) is 0.250. The van der Waals surface area contributed by atoms with Gasteiger partial charge in [0.1, 0.15) is 17.4 Å². The van der Waals surface area contributed by atoms with Gasteiger partial charge in [0.05, 0.1) is 18.1 Å². The normalized spacial score (nSPS) is 13.9. The first kappa shape index (κ1) is 20.8. The van der Waals surface area contributed by atoms with E-state index < -0.39 is 0 Å². The number of nitrogens with zero attached hydrogens (tertiary/aromatic N) is 4. The zero-order chi connectivity index (χ0) is 21.9. The summed E-state index contributed by atoms with van der Waals surface area (Å²) in [6.45, 7) is 2.40. The molecule has 2 aromatic carbocycles.